The molecule has 0 radical (unpaired) electrons. The fourth-order valence-corrected chi connectivity index (χ4v) is 4.11. The van der Waals surface area contributed by atoms with Crippen molar-refractivity contribution in [2.45, 2.75) is 26.4 Å². The third-order valence-corrected chi connectivity index (χ3v) is 5.77. The number of nitrogens with zero attached hydrogens (tertiary/aromatic N) is 2. The Balaban J connectivity index is 1.68. The molecule has 5 nitrogen and oxygen atoms in total. The van der Waals surface area contributed by atoms with Crippen LogP contribution in [0.25, 0.3) is 0 Å². The lowest BCUT2D eigenvalue weighted by Crippen LogP contribution is -2.37. The number of hydrogen-bond acceptors (Lipinski definition) is 4. The zero-order valence-electron chi connectivity index (χ0n) is 15.1. The van der Waals surface area contributed by atoms with Crippen molar-refractivity contribution >= 4 is 28.3 Å². The maximum Gasteiger partial charge on any atom is 0.255 e. The third-order valence-electron chi connectivity index (χ3n) is 4.78. The number of anilines is 1. The van der Waals surface area contributed by atoms with Gasteiger partial charge >= 0.3 is 0 Å². The topological polar surface area (TPSA) is 62.3 Å². The van der Waals surface area contributed by atoms with E-state index in [4.69, 9.17) is 0 Å². The first kappa shape index (κ1) is 17.4. The van der Waals surface area contributed by atoms with Gasteiger partial charge in [-0.05, 0) is 31.0 Å². The second-order valence-corrected chi connectivity index (χ2v) is 7.76. The number of hydrogen-bond donors (Lipinski definition) is 1. The first-order chi connectivity index (χ1) is 13.0. The molecule has 2 amide bonds. The number of benzene rings is 2. The molecule has 1 aromatic heterocycles. The molecule has 1 aliphatic rings. The number of carbonyl (C=O) groups is 2. The van der Waals surface area contributed by atoms with Crippen molar-refractivity contribution in [2.24, 2.45) is 0 Å². The zero-order valence-corrected chi connectivity index (χ0v) is 15.9. The molecule has 0 saturated carbocycles. The average molecular weight is 377 g/mol. The highest BCUT2D eigenvalue weighted by atomic mass is 32.1. The van der Waals surface area contributed by atoms with Crippen LogP contribution in [-0.4, -0.2) is 21.7 Å². The molecule has 4 rings (SSSR count). The maximum atomic E-state index is 13.2. The van der Waals surface area contributed by atoms with E-state index in [1.807, 2.05) is 68.4 Å². The Morgan fingerprint density at radius 2 is 1.81 bits per heavy atom. The van der Waals surface area contributed by atoms with E-state index in [0.717, 1.165) is 21.7 Å². The normalized spacial score (nSPS) is 14.1. The molecule has 6 heteroatoms. The molecule has 2 aromatic carbocycles. The molecule has 0 fully saturated rings. The van der Waals surface area contributed by atoms with Gasteiger partial charge in [0.2, 0.25) is 0 Å². The molecule has 3 aromatic rings. The van der Waals surface area contributed by atoms with Crippen molar-refractivity contribution in [3.8, 4) is 0 Å². The van der Waals surface area contributed by atoms with Crippen molar-refractivity contribution in [3.63, 3.8) is 0 Å². The molecule has 27 heavy (non-hydrogen) atoms. The van der Waals surface area contributed by atoms with Crippen LogP contribution < -0.4 is 5.32 Å². The van der Waals surface area contributed by atoms with E-state index in [1.54, 1.807) is 4.90 Å². The van der Waals surface area contributed by atoms with Crippen LogP contribution in [0.5, 0.6) is 0 Å². The summed E-state index contributed by atoms with van der Waals surface area (Å²) in [7, 11) is 0. The number of rotatable bonds is 4. The lowest BCUT2D eigenvalue weighted by Gasteiger charge is -2.27. The number of carbonyl (C=O) groups excluding carboxylic acids is 2. The highest BCUT2D eigenvalue weighted by Gasteiger charge is 2.37. The molecular formula is C21H19N3O2S. The van der Waals surface area contributed by atoms with E-state index in [2.05, 4.69) is 10.3 Å². The highest BCUT2D eigenvalue weighted by molar-refractivity contribution is 7.15. The summed E-state index contributed by atoms with van der Waals surface area (Å²) in [4.78, 5) is 33.2. The van der Waals surface area contributed by atoms with Gasteiger partial charge in [-0.15, -0.1) is 11.3 Å². The summed E-state index contributed by atoms with van der Waals surface area (Å²) in [6.07, 6.45) is 0. The SMILES string of the molecule is Cc1nc(NC(=O)[C@@H](c2ccccc2)N2Cc3ccccc3C2=O)sc1C. The van der Waals surface area contributed by atoms with Gasteiger partial charge in [-0.25, -0.2) is 4.98 Å². The van der Waals surface area contributed by atoms with Crippen LogP contribution >= 0.6 is 11.3 Å². The van der Waals surface area contributed by atoms with Crippen molar-refractivity contribution in [1.29, 1.82) is 0 Å². The van der Waals surface area contributed by atoms with E-state index in [1.165, 1.54) is 11.3 Å². The molecule has 0 bridgehead atoms. The zero-order chi connectivity index (χ0) is 19.0. The van der Waals surface area contributed by atoms with E-state index in [0.29, 0.717) is 17.2 Å². The second kappa shape index (κ2) is 6.96. The van der Waals surface area contributed by atoms with Crippen molar-refractivity contribution in [2.75, 3.05) is 5.32 Å². The summed E-state index contributed by atoms with van der Waals surface area (Å²) in [6.45, 7) is 4.30. The van der Waals surface area contributed by atoms with Crippen molar-refractivity contribution < 1.29 is 9.59 Å². The van der Waals surface area contributed by atoms with Crippen LogP contribution in [0.3, 0.4) is 0 Å². The fourth-order valence-electron chi connectivity index (χ4n) is 3.29. The molecule has 2 heterocycles. The van der Waals surface area contributed by atoms with Crippen LogP contribution in [-0.2, 0) is 11.3 Å². The van der Waals surface area contributed by atoms with Gasteiger partial charge in [0, 0.05) is 17.0 Å². The lowest BCUT2D eigenvalue weighted by atomic mass is 10.0. The van der Waals surface area contributed by atoms with Gasteiger partial charge in [-0.3, -0.25) is 14.9 Å². The van der Waals surface area contributed by atoms with Crippen molar-refractivity contribution in [1.82, 2.24) is 9.88 Å². The largest absolute Gasteiger partial charge is 0.318 e. The molecule has 1 atom stereocenters. The molecule has 0 aliphatic carbocycles. The number of aryl methyl sites for hydroxylation is 2. The van der Waals surface area contributed by atoms with Gasteiger partial charge in [-0.1, -0.05) is 48.5 Å². The minimum absolute atomic E-state index is 0.124. The van der Waals surface area contributed by atoms with Gasteiger partial charge in [0.15, 0.2) is 5.13 Å². The molecular weight excluding hydrogens is 358 g/mol. The van der Waals surface area contributed by atoms with Crippen LogP contribution in [0.2, 0.25) is 0 Å². The lowest BCUT2D eigenvalue weighted by molar-refractivity contribution is -0.120. The predicted molar refractivity (Wildman–Crippen MR) is 106 cm³/mol. The Bertz CT molecular complexity index is 994. The first-order valence-corrected chi connectivity index (χ1v) is 9.55. The predicted octanol–water partition coefficient (Wildman–Crippen LogP) is 4.10. The maximum absolute atomic E-state index is 13.2. The third kappa shape index (κ3) is 3.24. The molecule has 0 spiro atoms. The van der Waals surface area contributed by atoms with Crippen LogP contribution in [0.4, 0.5) is 5.13 Å². The molecule has 136 valence electrons. The van der Waals surface area contributed by atoms with E-state index in [9.17, 15) is 9.59 Å². The number of nitrogens with one attached hydrogen (secondary N) is 1. The van der Waals surface area contributed by atoms with Crippen LogP contribution in [0.1, 0.15) is 38.1 Å². The smallest absolute Gasteiger partial charge is 0.255 e. The first-order valence-electron chi connectivity index (χ1n) is 8.73. The van der Waals surface area contributed by atoms with Gasteiger partial charge in [0.25, 0.3) is 11.8 Å². The molecule has 0 saturated heterocycles. The van der Waals surface area contributed by atoms with Gasteiger partial charge in [0.1, 0.15) is 6.04 Å². The number of amides is 2. The molecule has 0 unspecified atom stereocenters. The standard InChI is InChI=1S/C21H19N3O2S/c1-13-14(2)27-21(22-13)23-19(25)18(15-8-4-3-5-9-15)24-12-16-10-6-7-11-17(16)20(24)26/h3-11,18H,12H2,1-2H3,(H,22,23,25)/t18-/m1/s1. The highest BCUT2D eigenvalue weighted by Crippen LogP contribution is 2.33. The summed E-state index contributed by atoms with van der Waals surface area (Å²) in [5.41, 5.74) is 3.28. The Labute approximate surface area is 161 Å². The van der Waals surface area contributed by atoms with E-state index >= 15 is 0 Å². The molecule has 1 N–H and O–H groups in total. The fraction of sp³-hybridized carbons (Fsp3) is 0.190. The Kier molecular flexibility index (Phi) is 4.49. The number of thiazole rings is 1. The van der Waals surface area contributed by atoms with Crippen LogP contribution in [0, 0.1) is 13.8 Å². The summed E-state index contributed by atoms with van der Waals surface area (Å²) in [5.74, 6) is -0.378. The summed E-state index contributed by atoms with van der Waals surface area (Å²) in [6, 6.07) is 16.2. The van der Waals surface area contributed by atoms with Crippen molar-refractivity contribution in [3.05, 3.63) is 81.9 Å². The quantitative estimate of drug-likeness (QED) is 0.745. The molecule has 1 aliphatic heterocycles. The summed E-state index contributed by atoms with van der Waals surface area (Å²) >= 11 is 1.44. The number of aromatic nitrogens is 1. The summed E-state index contributed by atoms with van der Waals surface area (Å²) < 4.78 is 0. The Morgan fingerprint density at radius 3 is 2.48 bits per heavy atom. The van der Waals surface area contributed by atoms with Gasteiger partial charge in [-0.2, -0.15) is 0 Å². The van der Waals surface area contributed by atoms with Crippen LogP contribution in [0.15, 0.2) is 54.6 Å². The van der Waals surface area contributed by atoms with Gasteiger partial charge < -0.3 is 4.90 Å². The minimum atomic E-state index is -0.712. The average Bonchev–Trinajstić information content (AvgIpc) is 3.16. The van der Waals surface area contributed by atoms with E-state index in [-0.39, 0.29) is 11.8 Å². The minimum Gasteiger partial charge on any atom is -0.318 e. The Hall–Kier alpha value is -2.99. The van der Waals surface area contributed by atoms with E-state index < -0.39 is 6.04 Å². The number of fused-ring (bicyclic) bond motifs is 1. The van der Waals surface area contributed by atoms with Gasteiger partial charge in [0.05, 0.1) is 5.69 Å². The summed E-state index contributed by atoms with van der Waals surface area (Å²) in [5, 5.41) is 3.46. The monoisotopic (exact) mass is 377 g/mol. The second-order valence-electron chi connectivity index (χ2n) is 6.55. The Morgan fingerprint density at radius 1 is 1.11 bits per heavy atom.